The monoisotopic (exact) mass is 188 g/mol. The summed E-state index contributed by atoms with van der Waals surface area (Å²) < 4.78 is 5.54. The molecule has 0 aromatic heterocycles. The maximum atomic E-state index is 5.54. The standard InChI is InChI=1S/C13H16O/c1-2-14-13-9-8-12(13)10-11-6-4-3-5-7-11/h3-7H,2,8-10H2,1H3. The molecule has 0 amide bonds. The van der Waals surface area contributed by atoms with Crippen LogP contribution in [0.3, 0.4) is 0 Å². The fourth-order valence-electron chi connectivity index (χ4n) is 1.78. The minimum Gasteiger partial charge on any atom is -0.498 e. The van der Waals surface area contributed by atoms with Crippen molar-refractivity contribution in [3.63, 3.8) is 0 Å². The summed E-state index contributed by atoms with van der Waals surface area (Å²) in [5.74, 6) is 1.23. The van der Waals surface area contributed by atoms with Crippen LogP contribution in [0.15, 0.2) is 41.7 Å². The Morgan fingerprint density at radius 2 is 1.93 bits per heavy atom. The molecule has 0 saturated carbocycles. The summed E-state index contributed by atoms with van der Waals surface area (Å²) in [6.07, 6.45) is 3.41. The Morgan fingerprint density at radius 1 is 1.14 bits per heavy atom. The fraction of sp³-hybridized carbons (Fsp3) is 0.385. The van der Waals surface area contributed by atoms with Crippen LogP contribution in [0.1, 0.15) is 25.3 Å². The first-order chi connectivity index (χ1) is 6.90. The summed E-state index contributed by atoms with van der Waals surface area (Å²) in [6, 6.07) is 10.6. The predicted molar refractivity (Wildman–Crippen MR) is 58.0 cm³/mol. The van der Waals surface area contributed by atoms with Crippen molar-refractivity contribution < 1.29 is 4.74 Å². The van der Waals surface area contributed by atoms with E-state index >= 15 is 0 Å². The Bertz CT molecular complexity index is 324. The van der Waals surface area contributed by atoms with Crippen LogP contribution in [0.5, 0.6) is 0 Å². The average molecular weight is 188 g/mol. The van der Waals surface area contributed by atoms with Gasteiger partial charge in [0.1, 0.15) is 0 Å². The van der Waals surface area contributed by atoms with E-state index in [1.807, 2.05) is 6.92 Å². The van der Waals surface area contributed by atoms with E-state index in [0.717, 1.165) is 19.4 Å². The minimum atomic E-state index is 0.799. The average Bonchev–Trinajstić information content (AvgIpc) is 2.23. The van der Waals surface area contributed by atoms with E-state index in [9.17, 15) is 0 Å². The first-order valence-corrected chi connectivity index (χ1v) is 5.27. The second-order valence-corrected chi connectivity index (χ2v) is 3.62. The van der Waals surface area contributed by atoms with Crippen molar-refractivity contribution >= 4 is 0 Å². The van der Waals surface area contributed by atoms with Crippen LogP contribution in [-0.4, -0.2) is 6.61 Å². The van der Waals surface area contributed by atoms with Gasteiger partial charge in [0, 0.05) is 6.42 Å². The van der Waals surface area contributed by atoms with Gasteiger partial charge in [-0.2, -0.15) is 0 Å². The maximum Gasteiger partial charge on any atom is 0.0958 e. The van der Waals surface area contributed by atoms with Gasteiger partial charge in [0.2, 0.25) is 0 Å². The van der Waals surface area contributed by atoms with Crippen LogP contribution in [0.2, 0.25) is 0 Å². The quantitative estimate of drug-likeness (QED) is 0.704. The van der Waals surface area contributed by atoms with Gasteiger partial charge in [0.05, 0.1) is 12.4 Å². The molecule has 1 aromatic carbocycles. The molecule has 2 rings (SSSR count). The Kier molecular flexibility index (Phi) is 2.87. The van der Waals surface area contributed by atoms with E-state index in [2.05, 4.69) is 30.3 Å². The third-order valence-electron chi connectivity index (χ3n) is 2.63. The van der Waals surface area contributed by atoms with Gasteiger partial charge in [-0.15, -0.1) is 0 Å². The molecule has 0 spiro atoms. The Hall–Kier alpha value is -1.24. The van der Waals surface area contributed by atoms with E-state index in [-0.39, 0.29) is 0 Å². The Balaban J connectivity index is 2.02. The first-order valence-electron chi connectivity index (χ1n) is 5.27. The first kappa shape index (κ1) is 9.32. The lowest BCUT2D eigenvalue weighted by Gasteiger charge is -2.23. The summed E-state index contributed by atoms with van der Waals surface area (Å²) in [5, 5.41) is 0. The molecule has 1 aliphatic rings. The Labute approximate surface area is 85.4 Å². The molecule has 0 saturated heterocycles. The number of hydrogen-bond donors (Lipinski definition) is 0. The van der Waals surface area contributed by atoms with Crippen LogP contribution >= 0.6 is 0 Å². The third kappa shape index (κ3) is 1.98. The van der Waals surface area contributed by atoms with Crippen molar-refractivity contribution in [1.29, 1.82) is 0 Å². The summed E-state index contributed by atoms with van der Waals surface area (Å²) in [7, 11) is 0. The summed E-state index contributed by atoms with van der Waals surface area (Å²) in [6.45, 7) is 2.85. The molecular formula is C13H16O. The molecule has 14 heavy (non-hydrogen) atoms. The largest absolute Gasteiger partial charge is 0.498 e. The van der Waals surface area contributed by atoms with E-state index in [0.29, 0.717) is 0 Å². The highest BCUT2D eigenvalue weighted by molar-refractivity contribution is 5.28. The third-order valence-corrected chi connectivity index (χ3v) is 2.63. The highest BCUT2D eigenvalue weighted by atomic mass is 16.5. The van der Waals surface area contributed by atoms with Crippen LogP contribution < -0.4 is 0 Å². The molecular weight excluding hydrogens is 172 g/mol. The molecule has 1 nitrogen and oxygen atoms in total. The molecule has 0 aliphatic heterocycles. The molecule has 1 aromatic rings. The van der Waals surface area contributed by atoms with Gasteiger partial charge in [-0.25, -0.2) is 0 Å². The van der Waals surface area contributed by atoms with Crippen molar-refractivity contribution in [2.24, 2.45) is 0 Å². The molecule has 0 unspecified atom stereocenters. The Morgan fingerprint density at radius 3 is 2.50 bits per heavy atom. The zero-order valence-electron chi connectivity index (χ0n) is 8.62. The molecule has 0 bridgehead atoms. The number of allylic oxidation sites excluding steroid dienone is 2. The fourth-order valence-corrected chi connectivity index (χ4v) is 1.78. The summed E-state index contributed by atoms with van der Waals surface area (Å²) in [5.41, 5.74) is 2.87. The maximum absolute atomic E-state index is 5.54. The van der Waals surface area contributed by atoms with Crippen molar-refractivity contribution in [3.05, 3.63) is 47.2 Å². The van der Waals surface area contributed by atoms with Crippen molar-refractivity contribution in [2.45, 2.75) is 26.2 Å². The van der Waals surface area contributed by atoms with E-state index in [1.54, 1.807) is 0 Å². The zero-order valence-corrected chi connectivity index (χ0v) is 8.62. The van der Waals surface area contributed by atoms with Crippen LogP contribution in [0.25, 0.3) is 0 Å². The number of benzene rings is 1. The molecule has 0 N–H and O–H groups in total. The smallest absolute Gasteiger partial charge is 0.0958 e. The second kappa shape index (κ2) is 4.32. The lowest BCUT2D eigenvalue weighted by Crippen LogP contribution is -2.09. The van der Waals surface area contributed by atoms with Gasteiger partial charge in [0.25, 0.3) is 0 Å². The molecule has 0 heterocycles. The number of rotatable bonds is 4. The minimum absolute atomic E-state index is 0.799. The van der Waals surface area contributed by atoms with Gasteiger partial charge in [0.15, 0.2) is 0 Å². The van der Waals surface area contributed by atoms with Crippen LogP contribution in [-0.2, 0) is 11.2 Å². The van der Waals surface area contributed by atoms with E-state index < -0.39 is 0 Å². The predicted octanol–water partition coefficient (Wildman–Crippen LogP) is 3.31. The normalized spacial score (nSPS) is 15.2. The molecule has 1 aliphatic carbocycles. The van der Waals surface area contributed by atoms with Crippen LogP contribution in [0, 0.1) is 0 Å². The van der Waals surface area contributed by atoms with E-state index in [4.69, 9.17) is 4.74 Å². The molecule has 1 heteroatoms. The van der Waals surface area contributed by atoms with Crippen molar-refractivity contribution in [1.82, 2.24) is 0 Å². The molecule has 0 fully saturated rings. The lowest BCUT2D eigenvalue weighted by atomic mass is 9.90. The number of ether oxygens (including phenoxy) is 1. The van der Waals surface area contributed by atoms with Gasteiger partial charge < -0.3 is 4.74 Å². The molecule has 0 radical (unpaired) electrons. The van der Waals surface area contributed by atoms with Gasteiger partial charge in [-0.1, -0.05) is 30.3 Å². The number of hydrogen-bond acceptors (Lipinski definition) is 1. The van der Waals surface area contributed by atoms with Crippen LogP contribution in [0.4, 0.5) is 0 Å². The van der Waals surface area contributed by atoms with Gasteiger partial charge >= 0.3 is 0 Å². The zero-order chi connectivity index (χ0) is 9.80. The SMILES string of the molecule is CCOC1=C(Cc2ccccc2)CC1. The summed E-state index contributed by atoms with van der Waals surface area (Å²) >= 11 is 0. The van der Waals surface area contributed by atoms with Gasteiger partial charge in [-0.3, -0.25) is 0 Å². The van der Waals surface area contributed by atoms with Crippen molar-refractivity contribution in [3.8, 4) is 0 Å². The highest BCUT2D eigenvalue weighted by Crippen LogP contribution is 2.31. The van der Waals surface area contributed by atoms with Crippen molar-refractivity contribution in [2.75, 3.05) is 6.61 Å². The topological polar surface area (TPSA) is 9.23 Å². The summed E-state index contributed by atoms with van der Waals surface area (Å²) in [4.78, 5) is 0. The van der Waals surface area contributed by atoms with Gasteiger partial charge in [-0.05, 0) is 30.9 Å². The highest BCUT2D eigenvalue weighted by Gasteiger charge is 2.18. The second-order valence-electron chi connectivity index (χ2n) is 3.62. The lowest BCUT2D eigenvalue weighted by molar-refractivity contribution is 0.197. The molecule has 0 atom stereocenters. The molecule has 74 valence electrons. The van der Waals surface area contributed by atoms with E-state index in [1.165, 1.54) is 23.3 Å².